The summed E-state index contributed by atoms with van der Waals surface area (Å²) in [5.74, 6) is -1.46. The van der Waals surface area contributed by atoms with Gasteiger partial charge in [-0.2, -0.15) is 0 Å². The number of nitrogens with zero attached hydrogens (tertiary/aromatic N) is 2. The number of hydrogen-bond acceptors (Lipinski definition) is 3. The number of halogens is 1. The molecular formula is C30H29FN2O4. The second-order valence-electron chi connectivity index (χ2n) is 8.94. The van der Waals surface area contributed by atoms with Crippen LogP contribution in [0.25, 0.3) is 11.1 Å². The molecule has 1 N–H and O–H groups in total. The van der Waals surface area contributed by atoms with Crippen LogP contribution in [-0.2, 0) is 26.1 Å². The highest BCUT2D eigenvalue weighted by molar-refractivity contribution is 5.96. The summed E-state index contributed by atoms with van der Waals surface area (Å²) >= 11 is 0. The highest BCUT2D eigenvalue weighted by Crippen LogP contribution is 2.25. The van der Waals surface area contributed by atoms with Crippen LogP contribution in [0.3, 0.4) is 0 Å². The maximum atomic E-state index is 14.3. The molecule has 0 unspecified atom stereocenters. The van der Waals surface area contributed by atoms with Crippen LogP contribution in [0, 0.1) is 0 Å². The number of rotatable bonds is 10. The molecule has 4 aromatic rings. The fourth-order valence-electron chi connectivity index (χ4n) is 4.56. The van der Waals surface area contributed by atoms with Crippen molar-refractivity contribution in [3.63, 3.8) is 0 Å². The number of aromatic carboxylic acids is 1. The molecular weight excluding hydrogens is 471 g/mol. The van der Waals surface area contributed by atoms with Gasteiger partial charge < -0.3 is 5.11 Å². The van der Waals surface area contributed by atoms with Crippen molar-refractivity contribution < 1.29 is 19.1 Å². The van der Waals surface area contributed by atoms with Crippen molar-refractivity contribution in [1.82, 2.24) is 9.13 Å². The summed E-state index contributed by atoms with van der Waals surface area (Å²) in [6, 6.07) is 23.1. The maximum absolute atomic E-state index is 14.3. The zero-order chi connectivity index (χ0) is 26.4. The Bertz CT molecular complexity index is 1450. The molecule has 1 heterocycles. The van der Waals surface area contributed by atoms with Crippen LogP contribution in [0.2, 0.25) is 0 Å². The second-order valence-corrected chi connectivity index (χ2v) is 8.94. The normalized spacial score (nSPS) is 11.0. The molecule has 0 spiro atoms. The molecule has 0 aliphatic heterocycles. The molecule has 0 atom stereocenters. The molecule has 3 aromatic carbocycles. The summed E-state index contributed by atoms with van der Waals surface area (Å²) in [7, 11) is 0. The Kier molecular flexibility index (Phi) is 8.13. The van der Waals surface area contributed by atoms with E-state index in [2.05, 4.69) is 0 Å². The van der Waals surface area contributed by atoms with Gasteiger partial charge in [-0.15, -0.1) is 0 Å². The van der Waals surface area contributed by atoms with Gasteiger partial charge in [0.25, 0.3) is 0 Å². The first-order chi connectivity index (χ1) is 17.9. The smallest absolute Gasteiger partial charge is 0.336 e. The van der Waals surface area contributed by atoms with Crippen LogP contribution < -0.4 is 5.69 Å². The van der Waals surface area contributed by atoms with Crippen molar-refractivity contribution >= 4 is 11.9 Å². The van der Waals surface area contributed by atoms with E-state index in [0.29, 0.717) is 17.7 Å². The van der Waals surface area contributed by atoms with Crippen LogP contribution in [0.15, 0.2) is 83.7 Å². The number of aromatic nitrogens is 2. The van der Waals surface area contributed by atoms with E-state index in [1.165, 1.54) is 4.57 Å². The van der Waals surface area contributed by atoms with Gasteiger partial charge in [0.05, 0.1) is 24.2 Å². The van der Waals surface area contributed by atoms with Gasteiger partial charge in [-0.25, -0.2) is 18.5 Å². The van der Waals surface area contributed by atoms with Crippen molar-refractivity contribution in [1.29, 1.82) is 0 Å². The summed E-state index contributed by atoms with van der Waals surface area (Å²) in [5, 5.41) is 9.50. The molecule has 190 valence electrons. The Balaban J connectivity index is 1.69. The van der Waals surface area contributed by atoms with Gasteiger partial charge in [0.15, 0.2) is 0 Å². The number of carbonyl (C=O) groups is 2. The minimum atomic E-state index is -1.01. The van der Waals surface area contributed by atoms with Crippen molar-refractivity contribution in [2.75, 3.05) is 0 Å². The van der Waals surface area contributed by atoms with Crippen LogP contribution in [-0.4, -0.2) is 26.1 Å². The lowest BCUT2D eigenvalue weighted by atomic mass is 9.99. The minimum Gasteiger partial charge on any atom is -0.478 e. The van der Waals surface area contributed by atoms with E-state index < -0.39 is 24.2 Å². The number of unbranched alkanes of at least 4 members (excludes halogenated alkanes) is 1. The number of carboxylic acids is 1. The van der Waals surface area contributed by atoms with Crippen LogP contribution in [0.1, 0.15) is 57.4 Å². The summed E-state index contributed by atoms with van der Waals surface area (Å²) in [4.78, 5) is 38.2. The lowest BCUT2D eigenvalue weighted by Crippen LogP contribution is -2.31. The number of carboxylic acid groups (broad SMARTS) is 1. The summed E-state index contributed by atoms with van der Waals surface area (Å²) in [6.45, 7) is 1.28. The molecule has 0 bridgehead atoms. The largest absolute Gasteiger partial charge is 0.478 e. The molecule has 37 heavy (non-hydrogen) atoms. The number of alkyl halides is 1. The first kappa shape index (κ1) is 25.8. The van der Waals surface area contributed by atoms with Gasteiger partial charge in [0, 0.05) is 5.69 Å². The predicted molar refractivity (Wildman–Crippen MR) is 141 cm³/mol. The van der Waals surface area contributed by atoms with E-state index in [1.54, 1.807) is 36.4 Å². The minimum absolute atomic E-state index is 0.00264. The quantitative estimate of drug-likeness (QED) is 0.300. The summed E-state index contributed by atoms with van der Waals surface area (Å²) in [5.41, 5.74) is 3.19. The van der Waals surface area contributed by atoms with E-state index >= 15 is 0 Å². The highest BCUT2D eigenvalue weighted by atomic mass is 19.1. The summed E-state index contributed by atoms with van der Waals surface area (Å²) < 4.78 is 16.8. The molecule has 0 aliphatic rings. The van der Waals surface area contributed by atoms with Gasteiger partial charge in [-0.3, -0.25) is 9.36 Å². The monoisotopic (exact) mass is 500 g/mol. The standard InChI is InChI=1S/C30H29FN2O4/c1-2-3-13-26-27(19-31)33(28(34)18-21-9-5-4-6-10-21)30(37)32(26)20-22-14-16-23(17-15-22)24-11-7-8-12-25(24)29(35)36/h4-12,14-17H,2-3,13,18-20H2,1H3,(H,35,36). The third-order valence-electron chi connectivity index (χ3n) is 6.46. The molecule has 4 rings (SSSR count). The molecule has 0 amide bonds. The molecule has 0 saturated carbocycles. The van der Waals surface area contributed by atoms with E-state index in [-0.39, 0.29) is 24.2 Å². The number of carbonyl (C=O) groups excluding carboxylic acids is 1. The lowest BCUT2D eigenvalue weighted by molar-refractivity contribution is 0.0697. The first-order valence-corrected chi connectivity index (χ1v) is 12.3. The second kappa shape index (κ2) is 11.6. The average Bonchev–Trinajstić information content (AvgIpc) is 3.18. The Morgan fingerprint density at radius 2 is 1.54 bits per heavy atom. The molecule has 1 aromatic heterocycles. The van der Waals surface area contributed by atoms with Crippen LogP contribution >= 0.6 is 0 Å². The van der Waals surface area contributed by atoms with Crippen LogP contribution in [0.4, 0.5) is 4.39 Å². The highest BCUT2D eigenvalue weighted by Gasteiger charge is 2.24. The van der Waals surface area contributed by atoms with E-state index in [0.717, 1.165) is 34.1 Å². The van der Waals surface area contributed by atoms with Gasteiger partial charge in [0.2, 0.25) is 5.91 Å². The summed E-state index contributed by atoms with van der Waals surface area (Å²) in [6.07, 6.45) is 2.11. The van der Waals surface area contributed by atoms with E-state index in [1.807, 2.05) is 49.4 Å². The Morgan fingerprint density at radius 3 is 2.19 bits per heavy atom. The van der Waals surface area contributed by atoms with Gasteiger partial charge >= 0.3 is 11.7 Å². The van der Waals surface area contributed by atoms with Crippen molar-refractivity contribution in [3.05, 3.63) is 117 Å². The van der Waals surface area contributed by atoms with Crippen molar-refractivity contribution in [3.8, 4) is 11.1 Å². The van der Waals surface area contributed by atoms with Crippen molar-refractivity contribution in [2.45, 2.75) is 45.8 Å². The fraction of sp³-hybridized carbons (Fsp3) is 0.233. The van der Waals surface area contributed by atoms with Crippen LogP contribution in [0.5, 0.6) is 0 Å². The number of benzene rings is 3. The molecule has 0 fully saturated rings. The Labute approximate surface area is 214 Å². The third-order valence-corrected chi connectivity index (χ3v) is 6.46. The van der Waals surface area contributed by atoms with E-state index in [9.17, 15) is 23.9 Å². The van der Waals surface area contributed by atoms with Gasteiger partial charge in [-0.05, 0) is 41.2 Å². The number of hydrogen-bond donors (Lipinski definition) is 1. The number of imidazole rings is 1. The third kappa shape index (κ3) is 5.61. The maximum Gasteiger partial charge on any atom is 0.336 e. The Morgan fingerprint density at radius 1 is 0.865 bits per heavy atom. The molecule has 0 aliphatic carbocycles. The average molecular weight is 501 g/mol. The SMILES string of the molecule is CCCCc1c(CF)n(C(=O)Cc2ccccc2)c(=O)n1Cc1ccc(-c2ccccc2C(=O)O)cc1. The van der Waals surface area contributed by atoms with Gasteiger partial charge in [-0.1, -0.05) is 86.1 Å². The molecule has 0 radical (unpaired) electrons. The first-order valence-electron chi connectivity index (χ1n) is 12.3. The molecule has 6 nitrogen and oxygen atoms in total. The lowest BCUT2D eigenvalue weighted by Gasteiger charge is -2.10. The Hall–Kier alpha value is -4.26. The predicted octanol–water partition coefficient (Wildman–Crippen LogP) is 5.76. The fourth-order valence-corrected chi connectivity index (χ4v) is 4.56. The zero-order valence-corrected chi connectivity index (χ0v) is 20.7. The molecule has 0 saturated heterocycles. The van der Waals surface area contributed by atoms with E-state index in [4.69, 9.17) is 0 Å². The van der Waals surface area contributed by atoms with Gasteiger partial charge in [0.1, 0.15) is 6.67 Å². The topological polar surface area (TPSA) is 81.3 Å². The molecule has 7 heteroatoms. The van der Waals surface area contributed by atoms with Crippen molar-refractivity contribution in [2.24, 2.45) is 0 Å². The zero-order valence-electron chi connectivity index (χ0n) is 20.7.